The number of ether oxygens (including phenoxy) is 1. The molecule has 0 amide bonds. The lowest BCUT2D eigenvalue weighted by Gasteiger charge is -2.44. The Morgan fingerprint density at radius 2 is 1.94 bits per heavy atom. The van der Waals surface area contributed by atoms with Gasteiger partial charge in [0, 0.05) is 17.6 Å². The van der Waals surface area contributed by atoms with Crippen LogP contribution in [-0.4, -0.2) is 35.6 Å². The van der Waals surface area contributed by atoms with E-state index in [0.717, 1.165) is 17.0 Å². The van der Waals surface area contributed by atoms with Gasteiger partial charge in [-0.1, -0.05) is 5.16 Å². The molecule has 2 unspecified atom stereocenters. The van der Waals surface area contributed by atoms with E-state index >= 15 is 0 Å². The average Bonchev–Trinajstić information content (AvgIpc) is 2.58. The van der Waals surface area contributed by atoms with Crippen LogP contribution < -0.4 is 5.32 Å². The number of rotatable bonds is 1. The number of fused-ring (bicyclic) bond motifs is 2. The molecule has 94 valence electrons. The molecule has 3 rings (SSSR count). The minimum absolute atomic E-state index is 0.223. The summed E-state index contributed by atoms with van der Waals surface area (Å²) >= 11 is 0. The molecule has 1 aromatic rings. The van der Waals surface area contributed by atoms with Gasteiger partial charge in [-0.15, -0.1) is 0 Å². The van der Waals surface area contributed by atoms with Crippen molar-refractivity contribution in [3.63, 3.8) is 0 Å². The summed E-state index contributed by atoms with van der Waals surface area (Å²) in [4.78, 5) is 0. The van der Waals surface area contributed by atoms with Crippen LogP contribution in [0.2, 0.25) is 0 Å². The van der Waals surface area contributed by atoms with E-state index in [4.69, 9.17) is 9.26 Å². The maximum absolute atomic E-state index is 10.9. The summed E-state index contributed by atoms with van der Waals surface area (Å²) in [6, 6.07) is 0.447. The zero-order valence-corrected chi connectivity index (χ0v) is 10.2. The number of aliphatic hydroxyl groups is 1. The Hall–Kier alpha value is -0.910. The summed E-state index contributed by atoms with van der Waals surface area (Å²) in [5, 5.41) is 18.3. The third kappa shape index (κ3) is 1.78. The van der Waals surface area contributed by atoms with Crippen molar-refractivity contribution in [1.29, 1.82) is 0 Å². The van der Waals surface area contributed by atoms with Gasteiger partial charge in [0.2, 0.25) is 0 Å². The first-order valence-corrected chi connectivity index (χ1v) is 6.08. The predicted octanol–water partition coefficient (Wildman–Crippen LogP) is 0.630. The molecule has 5 heteroatoms. The number of hydrogen-bond acceptors (Lipinski definition) is 5. The first kappa shape index (κ1) is 11.2. The first-order valence-electron chi connectivity index (χ1n) is 6.08. The van der Waals surface area contributed by atoms with Crippen molar-refractivity contribution in [3.8, 4) is 0 Å². The topological polar surface area (TPSA) is 67.5 Å². The molecule has 2 N–H and O–H groups in total. The van der Waals surface area contributed by atoms with Gasteiger partial charge in [-0.05, 0) is 26.7 Å². The van der Waals surface area contributed by atoms with Crippen molar-refractivity contribution in [2.45, 2.75) is 44.4 Å². The van der Waals surface area contributed by atoms with Crippen molar-refractivity contribution < 1.29 is 14.4 Å². The molecular weight excluding hydrogens is 220 g/mol. The van der Waals surface area contributed by atoms with Gasteiger partial charge < -0.3 is 19.7 Å². The van der Waals surface area contributed by atoms with E-state index in [1.54, 1.807) is 0 Å². The van der Waals surface area contributed by atoms with Crippen LogP contribution in [0.3, 0.4) is 0 Å². The lowest BCUT2D eigenvalue weighted by atomic mass is 9.77. The Balaban J connectivity index is 1.96. The number of nitrogens with zero attached hydrogens (tertiary/aromatic N) is 1. The molecule has 0 aromatic carbocycles. The Morgan fingerprint density at radius 3 is 2.47 bits per heavy atom. The van der Waals surface area contributed by atoms with Crippen molar-refractivity contribution in [2.75, 3.05) is 13.2 Å². The Kier molecular flexibility index (Phi) is 2.50. The fraction of sp³-hybridized carbons (Fsp3) is 0.750. The fourth-order valence-corrected chi connectivity index (χ4v) is 3.27. The van der Waals surface area contributed by atoms with Gasteiger partial charge in [0.25, 0.3) is 0 Å². The quantitative estimate of drug-likeness (QED) is 0.751. The van der Waals surface area contributed by atoms with E-state index in [0.29, 0.717) is 26.1 Å². The molecule has 3 heterocycles. The van der Waals surface area contributed by atoms with Crippen molar-refractivity contribution >= 4 is 0 Å². The van der Waals surface area contributed by atoms with Crippen molar-refractivity contribution in [3.05, 3.63) is 17.0 Å². The first-order chi connectivity index (χ1) is 8.08. The fourth-order valence-electron chi connectivity index (χ4n) is 3.27. The molecule has 2 atom stereocenters. The molecule has 0 saturated carbocycles. The van der Waals surface area contributed by atoms with Gasteiger partial charge in [0.15, 0.2) is 0 Å². The van der Waals surface area contributed by atoms with Gasteiger partial charge in [-0.2, -0.15) is 0 Å². The standard InChI is InChI=1S/C12H18N2O3/c1-7-11(8(2)17-14-7)12(15)3-9-5-16-6-10(4-12)13-9/h9-10,13,15H,3-6H2,1-2H3. The van der Waals surface area contributed by atoms with Crippen LogP contribution in [0.25, 0.3) is 0 Å². The van der Waals surface area contributed by atoms with E-state index in [1.807, 2.05) is 13.8 Å². The van der Waals surface area contributed by atoms with Crippen LogP contribution in [0.1, 0.15) is 29.9 Å². The number of nitrogens with one attached hydrogen (secondary N) is 1. The third-order valence-electron chi connectivity index (χ3n) is 3.78. The second-order valence-corrected chi connectivity index (χ2v) is 5.24. The summed E-state index contributed by atoms with van der Waals surface area (Å²) in [5.41, 5.74) is 0.847. The smallest absolute Gasteiger partial charge is 0.140 e. The lowest BCUT2D eigenvalue weighted by Crippen LogP contribution is -2.58. The van der Waals surface area contributed by atoms with E-state index < -0.39 is 5.60 Å². The molecule has 0 aliphatic carbocycles. The number of morpholine rings is 1. The molecule has 17 heavy (non-hydrogen) atoms. The molecule has 2 bridgehead atoms. The second-order valence-electron chi connectivity index (χ2n) is 5.24. The number of aryl methyl sites for hydroxylation is 2. The van der Waals surface area contributed by atoms with Crippen LogP contribution in [0, 0.1) is 13.8 Å². The van der Waals surface area contributed by atoms with Crippen LogP contribution in [-0.2, 0) is 10.3 Å². The number of hydrogen-bond donors (Lipinski definition) is 2. The molecule has 2 fully saturated rings. The highest BCUT2D eigenvalue weighted by atomic mass is 16.5. The van der Waals surface area contributed by atoms with Gasteiger partial charge in [-0.25, -0.2) is 0 Å². The third-order valence-corrected chi connectivity index (χ3v) is 3.78. The summed E-state index contributed by atoms with van der Waals surface area (Å²) in [7, 11) is 0. The number of piperidine rings is 1. The molecule has 2 aliphatic heterocycles. The average molecular weight is 238 g/mol. The monoisotopic (exact) mass is 238 g/mol. The lowest BCUT2D eigenvalue weighted by molar-refractivity contribution is -0.0810. The summed E-state index contributed by atoms with van der Waals surface area (Å²) in [6.07, 6.45) is 1.32. The van der Waals surface area contributed by atoms with Gasteiger partial charge in [0.05, 0.1) is 24.5 Å². The Labute approximate surface area is 100 Å². The molecular formula is C12H18N2O3. The van der Waals surface area contributed by atoms with Crippen LogP contribution in [0.15, 0.2) is 4.52 Å². The van der Waals surface area contributed by atoms with Crippen LogP contribution in [0.5, 0.6) is 0 Å². The molecule has 2 saturated heterocycles. The zero-order valence-electron chi connectivity index (χ0n) is 10.2. The Bertz CT molecular complexity index is 398. The maximum Gasteiger partial charge on any atom is 0.140 e. The van der Waals surface area contributed by atoms with E-state index in [-0.39, 0.29) is 12.1 Å². The highest BCUT2D eigenvalue weighted by Crippen LogP contribution is 2.39. The van der Waals surface area contributed by atoms with Gasteiger partial charge >= 0.3 is 0 Å². The molecule has 0 radical (unpaired) electrons. The summed E-state index contributed by atoms with van der Waals surface area (Å²) < 4.78 is 10.7. The van der Waals surface area contributed by atoms with Gasteiger partial charge in [-0.3, -0.25) is 0 Å². The zero-order chi connectivity index (χ0) is 12.0. The van der Waals surface area contributed by atoms with Gasteiger partial charge in [0.1, 0.15) is 5.76 Å². The number of aromatic nitrogens is 1. The molecule has 1 aromatic heterocycles. The normalized spacial score (nSPS) is 37.1. The summed E-state index contributed by atoms with van der Waals surface area (Å²) in [6.45, 7) is 5.09. The Morgan fingerprint density at radius 1 is 1.29 bits per heavy atom. The minimum atomic E-state index is -0.821. The highest BCUT2D eigenvalue weighted by molar-refractivity contribution is 5.30. The molecule has 5 nitrogen and oxygen atoms in total. The van der Waals surface area contributed by atoms with Crippen molar-refractivity contribution in [1.82, 2.24) is 10.5 Å². The maximum atomic E-state index is 10.9. The van der Waals surface area contributed by atoms with Crippen molar-refractivity contribution in [2.24, 2.45) is 0 Å². The highest BCUT2D eigenvalue weighted by Gasteiger charge is 2.45. The second kappa shape index (κ2) is 3.80. The van der Waals surface area contributed by atoms with E-state index in [1.165, 1.54) is 0 Å². The minimum Gasteiger partial charge on any atom is -0.385 e. The van der Waals surface area contributed by atoms with E-state index in [2.05, 4.69) is 10.5 Å². The molecule has 0 spiro atoms. The van der Waals surface area contributed by atoms with Crippen LogP contribution >= 0.6 is 0 Å². The van der Waals surface area contributed by atoms with E-state index in [9.17, 15) is 5.11 Å². The SMILES string of the molecule is Cc1noc(C)c1C1(O)CC2COCC(C1)N2. The van der Waals surface area contributed by atoms with Crippen LogP contribution in [0.4, 0.5) is 0 Å². The predicted molar refractivity (Wildman–Crippen MR) is 60.6 cm³/mol. The largest absolute Gasteiger partial charge is 0.385 e. The molecule has 2 aliphatic rings. The summed E-state index contributed by atoms with van der Waals surface area (Å²) in [5.74, 6) is 0.728.